The molecule has 0 radical (unpaired) electrons. The summed E-state index contributed by atoms with van der Waals surface area (Å²) in [6, 6.07) is 9.25. The van der Waals surface area contributed by atoms with Gasteiger partial charge in [0.25, 0.3) is 5.91 Å². The summed E-state index contributed by atoms with van der Waals surface area (Å²) in [4.78, 5) is 28.1. The zero-order valence-corrected chi connectivity index (χ0v) is 14.0. The van der Waals surface area contributed by atoms with Gasteiger partial charge >= 0.3 is 5.97 Å². The van der Waals surface area contributed by atoms with Crippen LogP contribution < -0.4 is 0 Å². The van der Waals surface area contributed by atoms with Gasteiger partial charge in [-0.25, -0.2) is 0 Å². The Morgan fingerprint density at radius 3 is 2.39 bits per heavy atom. The van der Waals surface area contributed by atoms with Gasteiger partial charge in [0.1, 0.15) is 0 Å². The van der Waals surface area contributed by atoms with Crippen LogP contribution in [0.2, 0.25) is 0 Å². The topological polar surface area (TPSA) is 65.0 Å². The monoisotopic (exact) mass is 317 g/mol. The lowest BCUT2D eigenvalue weighted by Crippen LogP contribution is -2.51. The number of amides is 1. The highest BCUT2D eigenvalue weighted by Crippen LogP contribution is 2.34. The lowest BCUT2D eigenvalue weighted by Gasteiger charge is -2.35. The van der Waals surface area contributed by atoms with Crippen LogP contribution in [-0.4, -0.2) is 29.5 Å². The summed E-state index contributed by atoms with van der Waals surface area (Å²) in [6.07, 6.45) is 0.898. The second-order valence-electron chi connectivity index (χ2n) is 5.90. The Labute approximate surface area is 136 Å². The van der Waals surface area contributed by atoms with E-state index in [-0.39, 0.29) is 11.8 Å². The predicted molar refractivity (Wildman–Crippen MR) is 87.1 cm³/mol. The Morgan fingerprint density at radius 1 is 1.26 bits per heavy atom. The minimum atomic E-state index is -1.28. The third kappa shape index (κ3) is 3.44. The first-order chi connectivity index (χ1) is 10.9. The van der Waals surface area contributed by atoms with E-state index in [4.69, 9.17) is 9.47 Å². The van der Waals surface area contributed by atoms with E-state index in [0.717, 1.165) is 18.4 Å². The molecule has 2 atom stereocenters. The van der Waals surface area contributed by atoms with Crippen molar-refractivity contribution in [1.29, 1.82) is 0 Å². The largest absolute Gasteiger partial charge is 0.457 e. The van der Waals surface area contributed by atoms with Crippen molar-refractivity contribution in [2.75, 3.05) is 0 Å². The number of rotatable bonds is 6. The van der Waals surface area contributed by atoms with Crippen molar-refractivity contribution >= 4 is 17.8 Å². The highest BCUT2D eigenvalue weighted by Gasteiger charge is 2.53. The van der Waals surface area contributed by atoms with Gasteiger partial charge in [-0.1, -0.05) is 32.0 Å². The van der Waals surface area contributed by atoms with Gasteiger partial charge in [-0.3, -0.25) is 9.59 Å². The summed E-state index contributed by atoms with van der Waals surface area (Å²) in [6.45, 7) is 7.01. The molecule has 2 rings (SSSR count). The molecule has 23 heavy (non-hydrogen) atoms. The van der Waals surface area contributed by atoms with Gasteiger partial charge < -0.3 is 9.47 Å². The number of carbonyl (C=O) groups excluding carboxylic acids is 2. The third-order valence-corrected chi connectivity index (χ3v) is 4.27. The molecule has 1 aromatic carbocycles. The maximum absolute atomic E-state index is 12.5. The molecular formula is C18H23NO4. The number of carbonyl (C=O) groups is 2. The molecule has 0 N–H and O–H groups in total. The molecule has 1 aromatic rings. The maximum atomic E-state index is 12.5. The second kappa shape index (κ2) is 6.94. The number of hydrogen-bond acceptors (Lipinski definition) is 4. The SMILES string of the molecule is CCC(CC)[C@H](OC(C)=O)[C@@]1(C)OC(c2ccccc2)=NC1=O. The van der Waals surface area contributed by atoms with Crippen LogP contribution in [0.15, 0.2) is 35.3 Å². The van der Waals surface area contributed by atoms with E-state index in [1.165, 1.54) is 6.92 Å². The van der Waals surface area contributed by atoms with Crippen molar-refractivity contribution in [2.45, 2.75) is 52.2 Å². The lowest BCUT2D eigenvalue weighted by atomic mass is 9.84. The third-order valence-electron chi connectivity index (χ3n) is 4.27. The van der Waals surface area contributed by atoms with E-state index in [2.05, 4.69) is 4.99 Å². The van der Waals surface area contributed by atoms with Crippen molar-refractivity contribution < 1.29 is 19.1 Å². The Balaban J connectivity index is 2.32. The zero-order valence-electron chi connectivity index (χ0n) is 14.0. The van der Waals surface area contributed by atoms with Gasteiger partial charge in [-0.2, -0.15) is 4.99 Å². The van der Waals surface area contributed by atoms with Crippen LogP contribution in [0.25, 0.3) is 0 Å². The second-order valence-corrected chi connectivity index (χ2v) is 5.90. The first-order valence-electron chi connectivity index (χ1n) is 7.97. The molecule has 124 valence electrons. The lowest BCUT2D eigenvalue weighted by molar-refractivity contribution is -0.169. The quantitative estimate of drug-likeness (QED) is 0.756. The van der Waals surface area contributed by atoms with E-state index in [1.807, 2.05) is 44.2 Å². The van der Waals surface area contributed by atoms with Gasteiger partial charge in [0, 0.05) is 12.5 Å². The first-order valence-corrected chi connectivity index (χ1v) is 7.97. The Morgan fingerprint density at radius 2 is 1.87 bits per heavy atom. The van der Waals surface area contributed by atoms with Gasteiger partial charge in [0.2, 0.25) is 11.5 Å². The van der Waals surface area contributed by atoms with E-state index < -0.39 is 23.6 Å². The summed E-state index contributed by atoms with van der Waals surface area (Å²) in [7, 11) is 0. The fourth-order valence-electron chi connectivity index (χ4n) is 2.91. The molecule has 1 aliphatic heterocycles. The highest BCUT2D eigenvalue weighted by molar-refractivity contribution is 6.09. The fraction of sp³-hybridized carbons (Fsp3) is 0.500. The minimum Gasteiger partial charge on any atom is -0.457 e. The molecule has 5 heteroatoms. The summed E-state index contributed by atoms with van der Waals surface area (Å²) in [5, 5.41) is 0. The molecule has 5 nitrogen and oxygen atoms in total. The molecule has 1 heterocycles. The molecule has 1 amide bonds. The number of esters is 1. The van der Waals surface area contributed by atoms with Crippen molar-refractivity contribution in [3.8, 4) is 0 Å². The first kappa shape index (κ1) is 17.2. The summed E-state index contributed by atoms with van der Waals surface area (Å²) < 4.78 is 11.4. The van der Waals surface area contributed by atoms with E-state index in [9.17, 15) is 9.59 Å². The average molecular weight is 317 g/mol. The molecule has 0 unspecified atom stereocenters. The molecule has 0 fully saturated rings. The molecule has 0 spiro atoms. The van der Waals surface area contributed by atoms with Gasteiger partial charge in [0.05, 0.1) is 0 Å². The maximum Gasteiger partial charge on any atom is 0.303 e. The molecule has 0 aromatic heterocycles. The van der Waals surface area contributed by atoms with Crippen LogP contribution in [0, 0.1) is 5.92 Å². The summed E-state index contributed by atoms with van der Waals surface area (Å²) in [5.41, 5.74) is -0.552. The molecule has 1 aliphatic rings. The van der Waals surface area contributed by atoms with Crippen LogP contribution in [0.3, 0.4) is 0 Å². The summed E-state index contributed by atoms with van der Waals surface area (Å²) >= 11 is 0. The zero-order chi connectivity index (χ0) is 17.0. The number of nitrogens with zero attached hydrogens (tertiary/aromatic N) is 1. The number of aliphatic imine (C=N–C) groups is 1. The van der Waals surface area contributed by atoms with Crippen molar-refractivity contribution in [2.24, 2.45) is 10.9 Å². The minimum absolute atomic E-state index is 0.0261. The molecule has 0 bridgehead atoms. The van der Waals surface area contributed by atoms with Crippen LogP contribution in [0.4, 0.5) is 0 Å². The smallest absolute Gasteiger partial charge is 0.303 e. The molecule has 0 aliphatic carbocycles. The van der Waals surface area contributed by atoms with Crippen LogP contribution >= 0.6 is 0 Å². The van der Waals surface area contributed by atoms with Crippen LogP contribution in [0.1, 0.15) is 46.1 Å². The summed E-state index contributed by atoms with van der Waals surface area (Å²) in [5.74, 6) is -0.526. The Kier molecular flexibility index (Phi) is 5.19. The Bertz CT molecular complexity index is 607. The average Bonchev–Trinajstić information content (AvgIpc) is 2.84. The predicted octanol–water partition coefficient (Wildman–Crippen LogP) is 3.12. The van der Waals surface area contributed by atoms with Crippen molar-refractivity contribution in [3.63, 3.8) is 0 Å². The van der Waals surface area contributed by atoms with E-state index in [0.29, 0.717) is 0 Å². The van der Waals surface area contributed by atoms with E-state index in [1.54, 1.807) is 6.92 Å². The fourth-order valence-corrected chi connectivity index (χ4v) is 2.91. The normalized spacial score (nSPS) is 21.8. The van der Waals surface area contributed by atoms with Crippen LogP contribution in [-0.2, 0) is 19.1 Å². The molecule has 0 saturated carbocycles. The highest BCUT2D eigenvalue weighted by atomic mass is 16.6. The molecular weight excluding hydrogens is 294 g/mol. The number of benzene rings is 1. The van der Waals surface area contributed by atoms with Crippen molar-refractivity contribution in [1.82, 2.24) is 0 Å². The van der Waals surface area contributed by atoms with Gasteiger partial charge in [-0.05, 0) is 37.8 Å². The van der Waals surface area contributed by atoms with Gasteiger partial charge in [-0.15, -0.1) is 0 Å². The van der Waals surface area contributed by atoms with E-state index >= 15 is 0 Å². The number of ether oxygens (including phenoxy) is 2. The number of hydrogen-bond donors (Lipinski definition) is 0. The van der Waals surface area contributed by atoms with Crippen LogP contribution in [0.5, 0.6) is 0 Å². The van der Waals surface area contributed by atoms with Crippen molar-refractivity contribution in [3.05, 3.63) is 35.9 Å². The Hall–Kier alpha value is -2.17. The standard InChI is InChI=1S/C18H23NO4/c1-5-13(6-2)15(22-12(3)20)18(4)17(21)19-16(23-18)14-10-8-7-9-11-14/h7-11,13,15H,5-6H2,1-4H3/t15-,18+/m0/s1. The van der Waals surface area contributed by atoms with Gasteiger partial charge in [0.15, 0.2) is 6.10 Å². The molecule has 0 saturated heterocycles.